The maximum absolute atomic E-state index is 11.8. The summed E-state index contributed by atoms with van der Waals surface area (Å²) in [5, 5.41) is 0. The van der Waals surface area contributed by atoms with Gasteiger partial charge in [-0.05, 0) is 6.92 Å². The van der Waals surface area contributed by atoms with Gasteiger partial charge in [0.25, 0.3) is 0 Å². The fraction of sp³-hybridized carbons (Fsp3) is 0.562. The van der Waals surface area contributed by atoms with E-state index in [2.05, 4.69) is 4.90 Å². The van der Waals surface area contributed by atoms with E-state index >= 15 is 0 Å². The zero-order chi connectivity index (χ0) is 16.7. The van der Waals surface area contributed by atoms with Crippen LogP contribution < -0.4 is 15.2 Å². The van der Waals surface area contributed by atoms with Crippen LogP contribution in [0, 0.1) is 0 Å². The van der Waals surface area contributed by atoms with Crippen molar-refractivity contribution in [1.29, 1.82) is 0 Å². The summed E-state index contributed by atoms with van der Waals surface area (Å²) >= 11 is 0. The van der Waals surface area contributed by atoms with Crippen molar-refractivity contribution in [3.8, 4) is 11.5 Å². The van der Waals surface area contributed by atoms with Gasteiger partial charge in [-0.25, -0.2) is 4.79 Å². The Morgan fingerprint density at radius 2 is 2.04 bits per heavy atom. The lowest BCUT2D eigenvalue weighted by atomic mass is 10.1. The van der Waals surface area contributed by atoms with Gasteiger partial charge in [-0.2, -0.15) is 0 Å². The van der Waals surface area contributed by atoms with Gasteiger partial charge in [-0.3, -0.25) is 4.90 Å². The molecule has 7 nitrogen and oxygen atoms in total. The molecule has 0 bridgehead atoms. The van der Waals surface area contributed by atoms with Gasteiger partial charge in [0, 0.05) is 31.8 Å². The van der Waals surface area contributed by atoms with Crippen LogP contribution in [0.2, 0.25) is 0 Å². The van der Waals surface area contributed by atoms with Gasteiger partial charge in [0.2, 0.25) is 0 Å². The van der Waals surface area contributed by atoms with Gasteiger partial charge >= 0.3 is 5.97 Å². The molecule has 0 unspecified atom stereocenters. The smallest absolute Gasteiger partial charge is 0.340 e. The van der Waals surface area contributed by atoms with Gasteiger partial charge in [0.15, 0.2) is 11.5 Å². The minimum atomic E-state index is -0.469. The predicted molar refractivity (Wildman–Crippen MR) is 86.1 cm³/mol. The van der Waals surface area contributed by atoms with Crippen molar-refractivity contribution in [3.63, 3.8) is 0 Å². The molecular weight excluding hydrogens is 300 g/mol. The third-order valence-corrected chi connectivity index (χ3v) is 3.60. The molecule has 1 aliphatic heterocycles. The number of morpholine rings is 1. The Bertz CT molecular complexity index is 529. The number of nitrogens with two attached hydrogens (primary N) is 1. The number of benzene rings is 1. The van der Waals surface area contributed by atoms with E-state index < -0.39 is 5.97 Å². The molecule has 2 N–H and O–H groups in total. The molecule has 1 saturated heterocycles. The van der Waals surface area contributed by atoms with E-state index in [1.807, 2.05) is 0 Å². The number of hydrogen-bond acceptors (Lipinski definition) is 7. The Labute approximate surface area is 136 Å². The summed E-state index contributed by atoms with van der Waals surface area (Å²) in [5.41, 5.74) is 6.52. The van der Waals surface area contributed by atoms with E-state index in [0.29, 0.717) is 30.4 Å². The molecule has 1 aliphatic rings. The summed E-state index contributed by atoms with van der Waals surface area (Å²) in [6, 6.07) is 3.15. The lowest BCUT2D eigenvalue weighted by Gasteiger charge is -2.26. The SMILES string of the molecule is CCOC(=O)c1cc(OC)c(OCCN2CCOCC2)cc1N. The van der Waals surface area contributed by atoms with E-state index in [-0.39, 0.29) is 5.56 Å². The number of rotatable bonds is 7. The van der Waals surface area contributed by atoms with Crippen LogP contribution >= 0.6 is 0 Å². The maximum Gasteiger partial charge on any atom is 0.340 e. The summed E-state index contributed by atoms with van der Waals surface area (Å²) in [6.45, 7) is 6.66. The van der Waals surface area contributed by atoms with Crippen molar-refractivity contribution in [2.24, 2.45) is 0 Å². The Morgan fingerprint density at radius 1 is 1.30 bits per heavy atom. The van der Waals surface area contributed by atoms with Crippen LogP contribution in [0.3, 0.4) is 0 Å². The first-order chi connectivity index (χ1) is 11.2. The number of nitrogens with zero attached hydrogens (tertiary/aromatic N) is 1. The molecule has 0 amide bonds. The van der Waals surface area contributed by atoms with Crippen molar-refractivity contribution in [2.45, 2.75) is 6.92 Å². The van der Waals surface area contributed by atoms with Gasteiger partial charge in [-0.1, -0.05) is 0 Å². The molecule has 0 spiro atoms. The van der Waals surface area contributed by atoms with Crippen LogP contribution in [0.1, 0.15) is 17.3 Å². The average molecular weight is 324 g/mol. The van der Waals surface area contributed by atoms with Crippen LogP contribution in [0.5, 0.6) is 11.5 Å². The Balaban J connectivity index is 2.00. The van der Waals surface area contributed by atoms with Crippen LogP contribution in [-0.4, -0.2) is 64.0 Å². The highest BCUT2D eigenvalue weighted by molar-refractivity contribution is 5.96. The van der Waals surface area contributed by atoms with Gasteiger partial charge in [0.05, 0.1) is 38.2 Å². The molecule has 0 aromatic heterocycles. The summed E-state index contributed by atoms with van der Waals surface area (Å²) in [6.07, 6.45) is 0. The fourth-order valence-corrected chi connectivity index (χ4v) is 2.34. The van der Waals surface area contributed by atoms with Crippen molar-refractivity contribution in [2.75, 3.05) is 58.9 Å². The monoisotopic (exact) mass is 324 g/mol. The fourth-order valence-electron chi connectivity index (χ4n) is 2.34. The lowest BCUT2D eigenvalue weighted by molar-refractivity contribution is 0.0321. The standard InChI is InChI=1S/C16H24N2O5/c1-3-22-16(19)12-10-14(20-2)15(11-13(12)17)23-9-6-18-4-7-21-8-5-18/h10-11H,3-9,17H2,1-2H3. The molecule has 0 saturated carbocycles. The Hall–Kier alpha value is -1.99. The Kier molecular flexibility index (Phi) is 6.49. The number of nitrogen functional groups attached to an aromatic ring is 1. The largest absolute Gasteiger partial charge is 0.493 e. The molecule has 1 aromatic carbocycles. The van der Waals surface area contributed by atoms with Crippen LogP contribution in [0.15, 0.2) is 12.1 Å². The maximum atomic E-state index is 11.8. The third kappa shape index (κ3) is 4.74. The first kappa shape index (κ1) is 17.4. The Morgan fingerprint density at radius 3 is 2.70 bits per heavy atom. The average Bonchev–Trinajstić information content (AvgIpc) is 2.56. The molecule has 1 heterocycles. The van der Waals surface area contributed by atoms with Gasteiger partial charge < -0.3 is 24.7 Å². The van der Waals surface area contributed by atoms with Crippen molar-refractivity contribution < 1.29 is 23.7 Å². The summed E-state index contributed by atoms with van der Waals surface area (Å²) in [7, 11) is 1.52. The molecule has 1 aromatic rings. The van der Waals surface area contributed by atoms with Crippen LogP contribution in [0.4, 0.5) is 5.69 Å². The van der Waals surface area contributed by atoms with E-state index in [1.165, 1.54) is 7.11 Å². The quantitative estimate of drug-likeness (QED) is 0.595. The molecule has 0 aliphatic carbocycles. The molecule has 0 atom stereocenters. The first-order valence-corrected chi connectivity index (χ1v) is 7.73. The molecular formula is C16H24N2O5. The van der Waals surface area contributed by atoms with Crippen LogP contribution in [-0.2, 0) is 9.47 Å². The van der Waals surface area contributed by atoms with Crippen LogP contribution in [0.25, 0.3) is 0 Å². The normalized spacial score (nSPS) is 15.2. The number of methoxy groups -OCH3 is 1. The first-order valence-electron chi connectivity index (χ1n) is 7.73. The van der Waals surface area contributed by atoms with Gasteiger partial charge in [0.1, 0.15) is 6.61 Å². The highest BCUT2D eigenvalue weighted by Gasteiger charge is 2.17. The second-order valence-electron chi connectivity index (χ2n) is 5.11. The van der Waals surface area contributed by atoms with Crippen molar-refractivity contribution >= 4 is 11.7 Å². The molecule has 0 radical (unpaired) electrons. The summed E-state index contributed by atoms with van der Waals surface area (Å²) in [4.78, 5) is 14.1. The highest BCUT2D eigenvalue weighted by atomic mass is 16.5. The number of esters is 1. The number of carbonyl (C=O) groups is 1. The van der Waals surface area contributed by atoms with Crippen molar-refractivity contribution in [3.05, 3.63) is 17.7 Å². The number of ether oxygens (including phenoxy) is 4. The summed E-state index contributed by atoms with van der Waals surface area (Å²) < 4.78 is 21.3. The van der Waals surface area contributed by atoms with E-state index in [0.717, 1.165) is 32.8 Å². The van der Waals surface area contributed by atoms with E-state index in [9.17, 15) is 4.79 Å². The summed E-state index contributed by atoms with van der Waals surface area (Å²) in [5.74, 6) is 0.513. The lowest BCUT2D eigenvalue weighted by Crippen LogP contribution is -2.38. The number of carbonyl (C=O) groups excluding carboxylic acids is 1. The van der Waals surface area contributed by atoms with Gasteiger partial charge in [-0.15, -0.1) is 0 Å². The minimum Gasteiger partial charge on any atom is -0.493 e. The molecule has 128 valence electrons. The molecule has 2 rings (SSSR count). The topological polar surface area (TPSA) is 83.2 Å². The van der Waals surface area contributed by atoms with E-state index in [4.69, 9.17) is 24.7 Å². The highest BCUT2D eigenvalue weighted by Crippen LogP contribution is 2.32. The van der Waals surface area contributed by atoms with Crippen molar-refractivity contribution in [1.82, 2.24) is 4.90 Å². The number of anilines is 1. The molecule has 1 fully saturated rings. The predicted octanol–water partition coefficient (Wildman–Crippen LogP) is 1.17. The third-order valence-electron chi connectivity index (χ3n) is 3.60. The second-order valence-corrected chi connectivity index (χ2v) is 5.11. The zero-order valence-corrected chi connectivity index (χ0v) is 13.7. The van der Waals surface area contributed by atoms with E-state index in [1.54, 1.807) is 19.1 Å². The molecule has 23 heavy (non-hydrogen) atoms. The molecule has 7 heteroatoms. The zero-order valence-electron chi connectivity index (χ0n) is 13.7. The second kappa shape index (κ2) is 8.59. The minimum absolute atomic E-state index is 0.282. The number of hydrogen-bond donors (Lipinski definition) is 1.